The van der Waals surface area contributed by atoms with Gasteiger partial charge in [-0.2, -0.15) is 0 Å². The van der Waals surface area contributed by atoms with Crippen LogP contribution in [0.2, 0.25) is 5.02 Å². The summed E-state index contributed by atoms with van der Waals surface area (Å²) in [5.41, 5.74) is 0.891. The van der Waals surface area contributed by atoms with Crippen LogP contribution >= 0.6 is 11.6 Å². The molecule has 0 saturated heterocycles. The molecule has 0 amide bonds. The van der Waals surface area contributed by atoms with Crippen LogP contribution in [-0.4, -0.2) is 17.6 Å². The Bertz CT molecular complexity index is 388. The molecule has 1 aromatic carbocycles. The zero-order valence-corrected chi connectivity index (χ0v) is 8.92. The molecule has 0 aliphatic heterocycles. The van der Waals surface area contributed by atoms with Crippen LogP contribution in [0.3, 0.4) is 0 Å². The molecule has 0 radical (unpaired) electrons. The fourth-order valence-electron chi connectivity index (χ4n) is 1.42. The van der Waals surface area contributed by atoms with Gasteiger partial charge in [0.15, 0.2) is 0 Å². The summed E-state index contributed by atoms with van der Waals surface area (Å²) in [5, 5.41) is 12.6. The summed E-state index contributed by atoms with van der Waals surface area (Å²) in [4.78, 5) is 10.9. The molecule has 0 spiro atoms. The molecule has 80 valence electrons. The first-order valence-corrected chi connectivity index (χ1v) is 5.31. The number of hydrogen-bond acceptors (Lipinski definition) is 2. The summed E-state index contributed by atoms with van der Waals surface area (Å²) in [7, 11) is 0. The number of halogens is 1. The fourth-order valence-corrected chi connectivity index (χ4v) is 1.60. The summed E-state index contributed by atoms with van der Waals surface area (Å²) in [6, 6.07) is 4.89. The van der Waals surface area contributed by atoms with Crippen LogP contribution in [0.25, 0.3) is 0 Å². The second kappa shape index (κ2) is 4.11. The van der Waals surface area contributed by atoms with Crippen molar-refractivity contribution in [3.63, 3.8) is 0 Å². The average molecular weight is 226 g/mol. The van der Waals surface area contributed by atoms with Crippen molar-refractivity contribution in [3.05, 3.63) is 28.8 Å². The molecule has 0 heterocycles. The summed E-state index contributed by atoms with van der Waals surface area (Å²) < 4.78 is 0. The Morgan fingerprint density at radius 1 is 1.53 bits per heavy atom. The molecular weight excluding hydrogens is 214 g/mol. The number of nitrogens with one attached hydrogen (secondary N) is 1. The van der Waals surface area contributed by atoms with Gasteiger partial charge in [0.25, 0.3) is 0 Å². The van der Waals surface area contributed by atoms with Crippen molar-refractivity contribution in [2.75, 3.05) is 11.9 Å². The van der Waals surface area contributed by atoms with Gasteiger partial charge in [-0.05, 0) is 37.0 Å². The number of carboxylic acids is 1. The van der Waals surface area contributed by atoms with Crippen LogP contribution in [0.5, 0.6) is 0 Å². The summed E-state index contributed by atoms with van der Waals surface area (Å²) >= 11 is 5.74. The lowest BCUT2D eigenvalue weighted by molar-refractivity contribution is 0.0698. The van der Waals surface area contributed by atoms with Gasteiger partial charge in [-0.3, -0.25) is 0 Å². The second-order valence-corrected chi connectivity index (χ2v) is 4.26. The Labute approximate surface area is 93.1 Å². The highest BCUT2D eigenvalue weighted by Gasteiger charge is 2.21. The first-order valence-electron chi connectivity index (χ1n) is 4.93. The minimum Gasteiger partial charge on any atom is -0.478 e. The van der Waals surface area contributed by atoms with Gasteiger partial charge in [-0.25, -0.2) is 4.79 Å². The quantitative estimate of drug-likeness (QED) is 0.829. The van der Waals surface area contributed by atoms with E-state index < -0.39 is 5.97 Å². The van der Waals surface area contributed by atoms with Crippen molar-refractivity contribution in [2.24, 2.45) is 5.92 Å². The van der Waals surface area contributed by atoms with Gasteiger partial charge in [-0.15, -0.1) is 0 Å². The van der Waals surface area contributed by atoms with E-state index in [-0.39, 0.29) is 5.56 Å². The molecule has 1 saturated carbocycles. The maximum Gasteiger partial charge on any atom is 0.337 e. The molecule has 2 N–H and O–H groups in total. The third-order valence-electron chi connectivity index (χ3n) is 2.49. The maximum atomic E-state index is 10.9. The van der Waals surface area contributed by atoms with E-state index in [0.717, 1.165) is 6.54 Å². The Balaban J connectivity index is 2.15. The van der Waals surface area contributed by atoms with Gasteiger partial charge in [0.2, 0.25) is 0 Å². The van der Waals surface area contributed by atoms with Crippen molar-refractivity contribution < 1.29 is 9.90 Å². The SMILES string of the molecule is O=C(O)c1cc(Cl)ccc1NCC1CC1. The average Bonchev–Trinajstić information content (AvgIpc) is 2.99. The Morgan fingerprint density at radius 3 is 2.87 bits per heavy atom. The first kappa shape index (κ1) is 10.3. The predicted molar refractivity (Wildman–Crippen MR) is 59.6 cm³/mol. The zero-order chi connectivity index (χ0) is 10.8. The van der Waals surface area contributed by atoms with Crippen molar-refractivity contribution in [3.8, 4) is 0 Å². The normalized spacial score (nSPS) is 15.0. The van der Waals surface area contributed by atoms with E-state index in [2.05, 4.69) is 5.32 Å². The number of hydrogen-bond donors (Lipinski definition) is 2. The highest BCUT2D eigenvalue weighted by Crippen LogP contribution is 2.30. The number of rotatable bonds is 4. The van der Waals surface area contributed by atoms with Crippen LogP contribution in [0, 0.1) is 5.92 Å². The molecule has 1 aromatic rings. The molecule has 0 unspecified atom stereocenters. The molecule has 0 bridgehead atoms. The summed E-state index contributed by atoms with van der Waals surface area (Å²) in [6.07, 6.45) is 2.48. The topological polar surface area (TPSA) is 49.3 Å². The Kier molecular flexibility index (Phi) is 2.82. The summed E-state index contributed by atoms with van der Waals surface area (Å²) in [5.74, 6) is -0.238. The monoisotopic (exact) mass is 225 g/mol. The van der Waals surface area contributed by atoms with Crippen LogP contribution in [0.15, 0.2) is 18.2 Å². The molecule has 1 aliphatic carbocycles. The van der Waals surface area contributed by atoms with Crippen LogP contribution in [0.1, 0.15) is 23.2 Å². The highest BCUT2D eigenvalue weighted by molar-refractivity contribution is 6.31. The van der Waals surface area contributed by atoms with Gasteiger partial charge in [0.05, 0.1) is 5.56 Å². The number of carboxylic acid groups (broad SMARTS) is 1. The zero-order valence-electron chi connectivity index (χ0n) is 8.16. The Hall–Kier alpha value is -1.22. The maximum absolute atomic E-state index is 10.9. The van der Waals surface area contributed by atoms with Gasteiger partial charge in [-0.1, -0.05) is 11.6 Å². The van der Waals surface area contributed by atoms with E-state index in [0.29, 0.717) is 16.6 Å². The molecule has 1 aliphatic rings. The van der Waals surface area contributed by atoms with Gasteiger partial charge < -0.3 is 10.4 Å². The minimum atomic E-state index is -0.948. The molecule has 4 heteroatoms. The Morgan fingerprint density at radius 2 is 2.27 bits per heavy atom. The molecular formula is C11H12ClNO2. The summed E-state index contributed by atoms with van der Waals surface area (Å²) in [6.45, 7) is 0.849. The number of benzene rings is 1. The largest absolute Gasteiger partial charge is 0.478 e. The van der Waals surface area contributed by atoms with Crippen LogP contribution < -0.4 is 5.32 Å². The van der Waals surface area contributed by atoms with E-state index in [1.165, 1.54) is 18.9 Å². The molecule has 2 rings (SSSR count). The van der Waals surface area contributed by atoms with Gasteiger partial charge in [0, 0.05) is 17.3 Å². The number of anilines is 1. The lowest BCUT2D eigenvalue weighted by Crippen LogP contribution is -2.08. The van der Waals surface area contributed by atoms with Gasteiger partial charge >= 0.3 is 5.97 Å². The third-order valence-corrected chi connectivity index (χ3v) is 2.73. The standard InChI is InChI=1S/C11H12ClNO2/c12-8-3-4-10(9(5-8)11(14)15)13-6-7-1-2-7/h3-5,7,13H,1-2,6H2,(H,14,15). The van der Waals surface area contributed by atoms with Gasteiger partial charge in [0.1, 0.15) is 0 Å². The van der Waals surface area contributed by atoms with Crippen molar-refractivity contribution in [1.82, 2.24) is 0 Å². The predicted octanol–water partition coefficient (Wildman–Crippen LogP) is 2.86. The van der Waals surface area contributed by atoms with Crippen LogP contribution in [-0.2, 0) is 0 Å². The molecule has 1 fully saturated rings. The first-order chi connectivity index (χ1) is 7.16. The van der Waals surface area contributed by atoms with E-state index in [4.69, 9.17) is 16.7 Å². The molecule has 3 nitrogen and oxygen atoms in total. The molecule has 15 heavy (non-hydrogen) atoms. The van der Waals surface area contributed by atoms with E-state index >= 15 is 0 Å². The van der Waals surface area contributed by atoms with Crippen molar-refractivity contribution in [2.45, 2.75) is 12.8 Å². The third kappa shape index (κ3) is 2.63. The van der Waals surface area contributed by atoms with E-state index in [1.807, 2.05) is 0 Å². The lowest BCUT2D eigenvalue weighted by Gasteiger charge is -2.08. The molecule has 0 aromatic heterocycles. The second-order valence-electron chi connectivity index (χ2n) is 3.82. The highest BCUT2D eigenvalue weighted by atomic mass is 35.5. The lowest BCUT2D eigenvalue weighted by atomic mass is 10.1. The fraction of sp³-hybridized carbons (Fsp3) is 0.364. The molecule has 0 atom stereocenters. The number of carbonyl (C=O) groups is 1. The van der Waals surface area contributed by atoms with E-state index in [1.54, 1.807) is 12.1 Å². The van der Waals surface area contributed by atoms with Crippen molar-refractivity contribution >= 4 is 23.3 Å². The number of aromatic carboxylic acids is 1. The van der Waals surface area contributed by atoms with Crippen molar-refractivity contribution in [1.29, 1.82) is 0 Å². The smallest absolute Gasteiger partial charge is 0.337 e. The van der Waals surface area contributed by atoms with E-state index in [9.17, 15) is 4.79 Å². The van der Waals surface area contributed by atoms with Crippen LogP contribution in [0.4, 0.5) is 5.69 Å². The minimum absolute atomic E-state index is 0.239.